The van der Waals surface area contributed by atoms with Gasteiger partial charge in [0.15, 0.2) is 5.78 Å². The highest BCUT2D eigenvalue weighted by Crippen LogP contribution is 2.25. The smallest absolute Gasteiger partial charge is 0.294 e. The SMILES string of the molecule is CCOc1nnc(CN2CCC[C@H](C(=O)c3ccc(F)cc3)C2)s1. The summed E-state index contributed by atoms with van der Waals surface area (Å²) in [5.41, 5.74) is 0.581. The molecule has 0 radical (unpaired) electrons. The molecule has 0 spiro atoms. The van der Waals surface area contributed by atoms with Gasteiger partial charge in [0.25, 0.3) is 5.19 Å². The lowest BCUT2D eigenvalue weighted by Gasteiger charge is -2.31. The van der Waals surface area contributed by atoms with Gasteiger partial charge in [-0.1, -0.05) is 11.3 Å². The van der Waals surface area contributed by atoms with Crippen molar-refractivity contribution in [3.05, 3.63) is 40.7 Å². The van der Waals surface area contributed by atoms with Crippen molar-refractivity contribution < 1.29 is 13.9 Å². The van der Waals surface area contributed by atoms with E-state index in [1.807, 2.05) is 6.92 Å². The molecule has 2 aromatic rings. The van der Waals surface area contributed by atoms with Crippen LogP contribution >= 0.6 is 11.3 Å². The summed E-state index contributed by atoms with van der Waals surface area (Å²) in [5.74, 6) is -0.284. The van der Waals surface area contributed by atoms with Gasteiger partial charge in [-0.25, -0.2) is 4.39 Å². The highest BCUT2D eigenvalue weighted by atomic mass is 32.1. The van der Waals surface area contributed by atoms with Gasteiger partial charge in [0.2, 0.25) is 0 Å². The summed E-state index contributed by atoms with van der Waals surface area (Å²) in [6, 6.07) is 5.81. The molecule has 1 fully saturated rings. The predicted molar refractivity (Wildman–Crippen MR) is 89.8 cm³/mol. The maximum absolute atomic E-state index is 13.0. The number of hydrogen-bond acceptors (Lipinski definition) is 6. The van der Waals surface area contributed by atoms with Crippen molar-refractivity contribution in [3.8, 4) is 5.19 Å². The van der Waals surface area contributed by atoms with Gasteiger partial charge < -0.3 is 4.74 Å². The van der Waals surface area contributed by atoms with Crippen LogP contribution in [-0.4, -0.2) is 40.6 Å². The Morgan fingerprint density at radius 2 is 2.17 bits per heavy atom. The third kappa shape index (κ3) is 4.15. The molecule has 0 amide bonds. The number of ketones is 1. The Morgan fingerprint density at radius 1 is 1.38 bits per heavy atom. The summed E-state index contributed by atoms with van der Waals surface area (Å²) < 4.78 is 18.4. The molecule has 128 valence electrons. The molecule has 3 rings (SSSR count). The molecule has 0 unspecified atom stereocenters. The van der Waals surface area contributed by atoms with E-state index in [9.17, 15) is 9.18 Å². The van der Waals surface area contributed by atoms with Crippen LogP contribution in [-0.2, 0) is 6.54 Å². The zero-order valence-corrected chi connectivity index (χ0v) is 14.4. The van der Waals surface area contributed by atoms with Crippen molar-refractivity contribution in [2.75, 3.05) is 19.7 Å². The summed E-state index contributed by atoms with van der Waals surface area (Å²) in [7, 11) is 0. The van der Waals surface area contributed by atoms with Gasteiger partial charge in [-0.05, 0) is 50.6 Å². The highest BCUT2D eigenvalue weighted by Gasteiger charge is 2.27. The fourth-order valence-electron chi connectivity index (χ4n) is 2.94. The van der Waals surface area contributed by atoms with E-state index >= 15 is 0 Å². The van der Waals surface area contributed by atoms with Gasteiger partial charge >= 0.3 is 0 Å². The number of carbonyl (C=O) groups is 1. The molecule has 1 aliphatic rings. The van der Waals surface area contributed by atoms with Gasteiger partial charge in [-0.2, -0.15) is 0 Å². The van der Waals surface area contributed by atoms with Crippen molar-refractivity contribution in [2.24, 2.45) is 5.92 Å². The van der Waals surface area contributed by atoms with Gasteiger partial charge in [-0.3, -0.25) is 9.69 Å². The van der Waals surface area contributed by atoms with Crippen molar-refractivity contribution >= 4 is 17.1 Å². The molecule has 24 heavy (non-hydrogen) atoms. The van der Waals surface area contributed by atoms with Gasteiger partial charge in [0.1, 0.15) is 10.8 Å². The van der Waals surface area contributed by atoms with Crippen LogP contribution < -0.4 is 4.74 Å². The predicted octanol–water partition coefficient (Wildman–Crippen LogP) is 3.17. The molecule has 1 aliphatic heterocycles. The number of rotatable bonds is 6. The van der Waals surface area contributed by atoms with Crippen molar-refractivity contribution in [2.45, 2.75) is 26.3 Å². The second kappa shape index (κ2) is 7.81. The largest absolute Gasteiger partial charge is 0.469 e. The topological polar surface area (TPSA) is 55.3 Å². The minimum Gasteiger partial charge on any atom is -0.469 e. The second-order valence-corrected chi connectivity index (χ2v) is 6.86. The van der Waals surface area contributed by atoms with Crippen LogP contribution in [0.25, 0.3) is 0 Å². The number of carbonyl (C=O) groups excluding carboxylic acids is 1. The Hall–Kier alpha value is -1.86. The minimum absolute atomic E-state index is 0.0523. The molecular weight excluding hydrogens is 329 g/mol. The summed E-state index contributed by atoms with van der Waals surface area (Å²) >= 11 is 1.45. The van der Waals surface area contributed by atoms with Crippen LogP contribution in [0, 0.1) is 11.7 Å². The molecular formula is C17H20FN3O2S. The summed E-state index contributed by atoms with van der Waals surface area (Å²) in [6.45, 7) is 4.80. The van der Waals surface area contributed by atoms with E-state index in [4.69, 9.17) is 4.74 Å². The zero-order valence-electron chi connectivity index (χ0n) is 13.6. The van der Waals surface area contributed by atoms with E-state index in [0.717, 1.165) is 24.4 Å². The fourth-order valence-corrected chi connectivity index (χ4v) is 3.73. The van der Waals surface area contributed by atoms with Crippen molar-refractivity contribution in [3.63, 3.8) is 0 Å². The molecule has 0 bridgehead atoms. The van der Waals surface area contributed by atoms with Crippen LogP contribution in [0.3, 0.4) is 0 Å². The lowest BCUT2D eigenvalue weighted by molar-refractivity contribution is 0.0811. The van der Waals surface area contributed by atoms with E-state index in [-0.39, 0.29) is 17.5 Å². The molecule has 5 nitrogen and oxygen atoms in total. The number of likely N-dealkylation sites (tertiary alicyclic amines) is 1. The number of hydrogen-bond donors (Lipinski definition) is 0. The Labute approximate surface area is 144 Å². The summed E-state index contributed by atoms with van der Waals surface area (Å²) in [6.07, 6.45) is 1.84. The number of ether oxygens (including phenoxy) is 1. The van der Waals surface area contributed by atoms with Crippen LogP contribution in [0.1, 0.15) is 35.1 Å². The zero-order chi connectivity index (χ0) is 16.9. The Balaban J connectivity index is 1.61. The standard InChI is InChI=1S/C17H20FN3O2S/c1-2-23-17-20-19-15(24-17)11-21-9-3-4-13(10-21)16(22)12-5-7-14(18)8-6-12/h5-8,13H,2-4,9-11H2,1H3/t13-/m0/s1. The molecule has 1 atom stereocenters. The molecule has 0 aliphatic carbocycles. The maximum atomic E-state index is 13.0. The summed E-state index contributed by atoms with van der Waals surface area (Å²) in [5, 5.41) is 9.62. The molecule has 1 aromatic heterocycles. The first-order chi connectivity index (χ1) is 11.7. The van der Waals surface area contributed by atoms with Crippen molar-refractivity contribution in [1.29, 1.82) is 0 Å². The van der Waals surface area contributed by atoms with E-state index in [0.29, 0.717) is 30.5 Å². The van der Waals surface area contributed by atoms with Gasteiger partial charge in [0.05, 0.1) is 13.2 Å². The van der Waals surface area contributed by atoms with Crippen LogP contribution in [0.5, 0.6) is 5.19 Å². The van der Waals surface area contributed by atoms with E-state index in [1.54, 1.807) is 12.1 Å². The van der Waals surface area contributed by atoms with E-state index in [2.05, 4.69) is 15.1 Å². The Kier molecular flexibility index (Phi) is 5.52. The maximum Gasteiger partial charge on any atom is 0.294 e. The fraction of sp³-hybridized carbons (Fsp3) is 0.471. The quantitative estimate of drug-likeness (QED) is 0.750. The normalized spacial score (nSPS) is 18.5. The second-order valence-electron chi connectivity index (χ2n) is 5.84. The van der Waals surface area contributed by atoms with Gasteiger partial charge in [0, 0.05) is 18.0 Å². The average molecular weight is 349 g/mol. The first-order valence-corrected chi connectivity index (χ1v) is 8.94. The molecule has 1 aromatic carbocycles. The molecule has 7 heteroatoms. The number of benzene rings is 1. The van der Waals surface area contributed by atoms with Crippen molar-refractivity contribution in [1.82, 2.24) is 15.1 Å². The Morgan fingerprint density at radius 3 is 2.92 bits per heavy atom. The molecule has 0 saturated carbocycles. The van der Waals surface area contributed by atoms with Crippen LogP contribution in [0.2, 0.25) is 0 Å². The average Bonchev–Trinajstić information content (AvgIpc) is 3.02. The lowest BCUT2D eigenvalue weighted by atomic mass is 9.90. The van der Waals surface area contributed by atoms with Gasteiger partial charge in [-0.15, -0.1) is 10.2 Å². The highest BCUT2D eigenvalue weighted by molar-refractivity contribution is 7.13. The molecule has 1 saturated heterocycles. The number of piperidine rings is 1. The first kappa shape index (κ1) is 17.0. The van der Waals surface area contributed by atoms with Crippen LogP contribution in [0.15, 0.2) is 24.3 Å². The van der Waals surface area contributed by atoms with E-state index < -0.39 is 0 Å². The third-order valence-corrected chi connectivity index (χ3v) is 4.90. The van der Waals surface area contributed by atoms with Crippen LogP contribution in [0.4, 0.5) is 4.39 Å². The molecule has 2 heterocycles. The molecule has 0 N–H and O–H groups in total. The first-order valence-electron chi connectivity index (χ1n) is 8.13. The number of nitrogens with zero attached hydrogens (tertiary/aromatic N) is 3. The number of aromatic nitrogens is 2. The number of halogens is 1. The summed E-state index contributed by atoms with van der Waals surface area (Å²) in [4.78, 5) is 14.8. The Bertz CT molecular complexity index is 689. The third-order valence-electron chi connectivity index (χ3n) is 4.08. The lowest BCUT2D eigenvalue weighted by Crippen LogP contribution is -2.38. The number of Topliss-reactive ketones (excluding diaryl/α,β-unsaturated/α-hetero) is 1. The minimum atomic E-state index is -0.321. The van der Waals surface area contributed by atoms with E-state index in [1.165, 1.54) is 23.5 Å². The monoisotopic (exact) mass is 349 g/mol.